The normalized spacial score (nSPS) is 13.1. The predicted molar refractivity (Wildman–Crippen MR) is 170 cm³/mol. The molecule has 5 rings (SSSR count). The van der Waals surface area contributed by atoms with Gasteiger partial charge in [-0.1, -0.05) is 18.2 Å². The van der Waals surface area contributed by atoms with Crippen molar-refractivity contribution in [3.8, 4) is 11.3 Å². The number of anilines is 2. The van der Waals surface area contributed by atoms with Crippen LogP contribution in [-0.4, -0.2) is 60.4 Å². The Morgan fingerprint density at radius 2 is 1.71 bits per heavy atom. The maximum atomic E-state index is 13.1. The molecule has 1 saturated heterocycles. The van der Waals surface area contributed by atoms with Crippen LogP contribution in [0.15, 0.2) is 89.4 Å². The van der Waals surface area contributed by atoms with Crippen LogP contribution in [0.4, 0.5) is 17.1 Å². The van der Waals surface area contributed by atoms with Crippen molar-refractivity contribution in [1.82, 2.24) is 4.90 Å². The number of furan rings is 1. The minimum atomic E-state index is -0.502. The van der Waals surface area contributed by atoms with Gasteiger partial charge in [0.2, 0.25) is 5.91 Å². The van der Waals surface area contributed by atoms with Gasteiger partial charge in [-0.25, -0.2) is 4.79 Å². The summed E-state index contributed by atoms with van der Waals surface area (Å²) in [5.41, 5.74) is 3.46. The van der Waals surface area contributed by atoms with Gasteiger partial charge in [0.25, 0.3) is 11.6 Å². The van der Waals surface area contributed by atoms with Crippen LogP contribution in [0.5, 0.6) is 0 Å². The third-order valence-electron chi connectivity index (χ3n) is 7.41. The summed E-state index contributed by atoms with van der Waals surface area (Å²) in [5.74, 6) is -0.0524. The average molecular weight is 609 g/mol. The summed E-state index contributed by atoms with van der Waals surface area (Å²) < 4.78 is 11.0. The molecule has 0 unspecified atom stereocenters. The second kappa shape index (κ2) is 13.7. The second-order valence-corrected chi connectivity index (χ2v) is 10.4. The third kappa shape index (κ3) is 7.27. The number of hydrogen-bond acceptors (Lipinski definition) is 8. The van der Waals surface area contributed by atoms with E-state index in [-0.39, 0.29) is 18.2 Å². The molecule has 2 amide bonds. The Morgan fingerprint density at radius 3 is 2.40 bits per heavy atom. The van der Waals surface area contributed by atoms with Crippen molar-refractivity contribution in [3.63, 3.8) is 0 Å². The molecular formula is C34H32N4O7. The molecule has 45 heavy (non-hydrogen) atoms. The Kier molecular flexibility index (Phi) is 9.37. The molecule has 1 aliphatic rings. The molecule has 11 nitrogen and oxygen atoms in total. The van der Waals surface area contributed by atoms with Crippen LogP contribution in [0.25, 0.3) is 17.4 Å². The molecule has 1 fully saturated rings. The summed E-state index contributed by atoms with van der Waals surface area (Å²) in [4.78, 5) is 52.9. The summed E-state index contributed by atoms with van der Waals surface area (Å²) >= 11 is 0. The number of carbonyl (C=O) groups is 3. The number of nitro benzene ring substituents is 1. The topological polar surface area (TPSA) is 135 Å². The molecule has 0 bridgehead atoms. The van der Waals surface area contributed by atoms with Crippen molar-refractivity contribution in [2.45, 2.75) is 13.8 Å². The van der Waals surface area contributed by atoms with Gasteiger partial charge in [-0.05, 0) is 74.0 Å². The van der Waals surface area contributed by atoms with Crippen molar-refractivity contribution in [2.24, 2.45) is 0 Å². The molecule has 0 aliphatic carbocycles. The van der Waals surface area contributed by atoms with Crippen LogP contribution in [0.3, 0.4) is 0 Å². The van der Waals surface area contributed by atoms with Crippen molar-refractivity contribution in [3.05, 3.63) is 118 Å². The number of esters is 1. The number of nitro groups is 1. The van der Waals surface area contributed by atoms with Gasteiger partial charge in [-0.2, -0.15) is 0 Å². The van der Waals surface area contributed by atoms with E-state index < -0.39 is 16.8 Å². The van der Waals surface area contributed by atoms with E-state index in [1.54, 1.807) is 67.3 Å². The minimum absolute atomic E-state index is 0.00598. The number of amides is 2. The Balaban J connectivity index is 1.30. The number of benzene rings is 3. The summed E-state index contributed by atoms with van der Waals surface area (Å²) in [6.07, 6.45) is 2.84. The molecule has 4 aromatic rings. The first kappa shape index (κ1) is 30.7. The number of carbonyl (C=O) groups excluding carboxylic acids is 3. The van der Waals surface area contributed by atoms with Crippen LogP contribution in [0.1, 0.15) is 39.0 Å². The van der Waals surface area contributed by atoms with E-state index in [9.17, 15) is 24.5 Å². The lowest BCUT2D eigenvalue weighted by Gasteiger charge is -2.37. The maximum absolute atomic E-state index is 13.1. The van der Waals surface area contributed by atoms with Crippen molar-refractivity contribution < 1.29 is 28.5 Å². The van der Waals surface area contributed by atoms with Crippen molar-refractivity contribution in [1.29, 1.82) is 0 Å². The number of piperazine rings is 1. The van der Waals surface area contributed by atoms with E-state index in [1.807, 2.05) is 18.2 Å². The fourth-order valence-electron chi connectivity index (χ4n) is 5.12. The molecule has 0 saturated carbocycles. The van der Waals surface area contributed by atoms with Crippen LogP contribution in [-0.2, 0) is 9.53 Å². The quantitative estimate of drug-likeness (QED) is 0.107. The van der Waals surface area contributed by atoms with Crippen LogP contribution in [0, 0.1) is 17.0 Å². The maximum Gasteiger partial charge on any atom is 0.338 e. The van der Waals surface area contributed by atoms with Gasteiger partial charge < -0.3 is 24.3 Å². The van der Waals surface area contributed by atoms with Crippen LogP contribution >= 0.6 is 0 Å². The molecule has 1 aromatic heterocycles. The Hall–Kier alpha value is -5.71. The van der Waals surface area contributed by atoms with Gasteiger partial charge in [0.15, 0.2) is 0 Å². The van der Waals surface area contributed by atoms with Gasteiger partial charge in [-0.3, -0.25) is 19.7 Å². The van der Waals surface area contributed by atoms with Crippen LogP contribution in [0.2, 0.25) is 0 Å². The van der Waals surface area contributed by atoms with Gasteiger partial charge >= 0.3 is 5.97 Å². The minimum Gasteiger partial charge on any atom is -0.462 e. The first-order valence-corrected chi connectivity index (χ1v) is 14.5. The number of rotatable bonds is 9. The molecule has 2 heterocycles. The lowest BCUT2D eigenvalue weighted by molar-refractivity contribution is -0.384. The highest BCUT2D eigenvalue weighted by atomic mass is 16.6. The highest BCUT2D eigenvalue weighted by Crippen LogP contribution is 2.31. The van der Waals surface area contributed by atoms with Crippen LogP contribution < -0.4 is 10.2 Å². The van der Waals surface area contributed by atoms with Gasteiger partial charge in [0.1, 0.15) is 11.5 Å². The number of hydrogen-bond donors (Lipinski definition) is 1. The molecule has 1 N–H and O–H groups in total. The molecule has 1 aliphatic heterocycles. The van der Waals surface area contributed by atoms with E-state index in [4.69, 9.17) is 9.15 Å². The predicted octanol–water partition coefficient (Wildman–Crippen LogP) is 5.95. The number of ether oxygens (including phenoxy) is 1. The Bertz CT molecular complexity index is 1760. The Morgan fingerprint density at radius 1 is 0.956 bits per heavy atom. The standard InChI is InChI=1S/C34H32N4O7/c1-3-44-34(41)25-9-14-30(36-17-19-37(20-18-36)33(40)24-7-5-4-6-8-24)29(22-25)35-32(39)16-12-27-11-15-31(45-27)28-13-10-26(38(42)43)21-23(28)2/h4-16,21-22H,3,17-20H2,1-2H3,(H,35,39)/b16-12+. The number of non-ortho nitro benzene ring substituents is 1. The highest BCUT2D eigenvalue weighted by Gasteiger charge is 2.24. The van der Waals surface area contributed by atoms with E-state index in [0.29, 0.717) is 71.3 Å². The highest BCUT2D eigenvalue weighted by molar-refractivity contribution is 6.05. The lowest BCUT2D eigenvalue weighted by atomic mass is 10.1. The summed E-state index contributed by atoms with van der Waals surface area (Å²) in [5, 5.41) is 13.9. The van der Waals surface area contributed by atoms with Gasteiger partial charge in [0.05, 0.1) is 28.5 Å². The Labute approximate surface area is 259 Å². The zero-order chi connectivity index (χ0) is 31.9. The summed E-state index contributed by atoms with van der Waals surface area (Å²) in [6.45, 7) is 5.76. The molecule has 0 radical (unpaired) electrons. The van der Waals surface area contributed by atoms with E-state index in [2.05, 4.69) is 10.2 Å². The van der Waals surface area contributed by atoms with E-state index in [0.717, 1.165) is 0 Å². The van der Waals surface area contributed by atoms with Crippen molar-refractivity contribution >= 4 is 40.9 Å². The zero-order valence-corrected chi connectivity index (χ0v) is 24.9. The molecule has 230 valence electrons. The lowest BCUT2D eigenvalue weighted by Crippen LogP contribution is -2.49. The summed E-state index contributed by atoms with van der Waals surface area (Å²) in [6, 6.07) is 22.1. The zero-order valence-electron chi connectivity index (χ0n) is 24.9. The molecule has 0 atom stereocenters. The monoisotopic (exact) mass is 608 g/mol. The largest absolute Gasteiger partial charge is 0.462 e. The first-order chi connectivity index (χ1) is 21.7. The fourth-order valence-corrected chi connectivity index (χ4v) is 5.12. The molecular weight excluding hydrogens is 576 g/mol. The SMILES string of the molecule is CCOC(=O)c1ccc(N2CCN(C(=O)c3ccccc3)CC2)c(NC(=O)/C=C/c2ccc(-c3ccc([N+](=O)[O-])cc3C)o2)c1. The number of aryl methyl sites for hydroxylation is 1. The fraction of sp³-hybridized carbons (Fsp3) is 0.206. The molecule has 3 aromatic carbocycles. The summed E-state index contributed by atoms with van der Waals surface area (Å²) in [7, 11) is 0. The molecule has 0 spiro atoms. The van der Waals surface area contributed by atoms with E-state index in [1.165, 1.54) is 24.3 Å². The smallest absolute Gasteiger partial charge is 0.338 e. The van der Waals surface area contributed by atoms with Crippen molar-refractivity contribution in [2.75, 3.05) is 43.0 Å². The van der Waals surface area contributed by atoms with Gasteiger partial charge in [-0.15, -0.1) is 0 Å². The first-order valence-electron chi connectivity index (χ1n) is 14.5. The molecule has 11 heteroatoms. The number of nitrogens with one attached hydrogen (secondary N) is 1. The second-order valence-electron chi connectivity index (χ2n) is 10.4. The average Bonchev–Trinajstić information content (AvgIpc) is 3.53. The number of nitrogens with zero attached hydrogens (tertiary/aromatic N) is 3. The van der Waals surface area contributed by atoms with E-state index >= 15 is 0 Å². The third-order valence-corrected chi connectivity index (χ3v) is 7.41. The van der Waals surface area contributed by atoms with Gasteiger partial charge in [0, 0.05) is 55.5 Å².